The number of halogens is 3. The molecule has 0 unspecified atom stereocenters. The van der Waals surface area contributed by atoms with Crippen molar-refractivity contribution in [1.82, 2.24) is 0 Å². The van der Waals surface area contributed by atoms with E-state index >= 15 is 0 Å². The Morgan fingerprint density at radius 3 is 2.47 bits per heavy atom. The first-order valence-corrected chi connectivity index (χ1v) is 4.57. The van der Waals surface area contributed by atoms with Gasteiger partial charge in [0.05, 0.1) is 5.54 Å². The van der Waals surface area contributed by atoms with Gasteiger partial charge in [0, 0.05) is 0 Å². The molecule has 0 spiro atoms. The first-order valence-electron chi connectivity index (χ1n) is 4.57. The smallest absolute Gasteiger partial charge is 0.203 e. The van der Waals surface area contributed by atoms with Crippen LogP contribution in [0.4, 0.5) is 13.2 Å². The number of nitrogens with two attached hydrogens (primary N) is 1. The van der Waals surface area contributed by atoms with Crippen molar-refractivity contribution in [2.75, 3.05) is 6.61 Å². The second-order valence-corrected chi connectivity index (χ2v) is 3.82. The van der Waals surface area contributed by atoms with Crippen molar-refractivity contribution in [3.8, 4) is 5.75 Å². The van der Waals surface area contributed by atoms with E-state index in [0.29, 0.717) is 0 Å². The van der Waals surface area contributed by atoms with E-state index in [1.165, 1.54) is 0 Å². The molecule has 1 aliphatic rings. The van der Waals surface area contributed by atoms with E-state index < -0.39 is 23.0 Å². The van der Waals surface area contributed by atoms with Gasteiger partial charge in [0.1, 0.15) is 6.61 Å². The molecule has 1 aromatic carbocycles. The van der Waals surface area contributed by atoms with Crippen molar-refractivity contribution >= 4 is 0 Å². The van der Waals surface area contributed by atoms with Crippen LogP contribution >= 0.6 is 0 Å². The van der Waals surface area contributed by atoms with Crippen molar-refractivity contribution in [3.05, 3.63) is 29.6 Å². The summed E-state index contributed by atoms with van der Waals surface area (Å²) in [7, 11) is 0. The van der Waals surface area contributed by atoms with Gasteiger partial charge < -0.3 is 10.5 Å². The number of hydrogen-bond donors (Lipinski definition) is 1. The molecule has 1 aromatic rings. The van der Waals surface area contributed by atoms with E-state index in [9.17, 15) is 13.2 Å². The maximum absolute atomic E-state index is 13.1. The van der Waals surface area contributed by atoms with Crippen molar-refractivity contribution in [3.63, 3.8) is 0 Å². The van der Waals surface area contributed by atoms with Gasteiger partial charge in [-0.25, -0.2) is 8.78 Å². The molecule has 0 saturated heterocycles. The largest absolute Gasteiger partial charge is 0.488 e. The molecule has 2 N–H and O–H groups in total. The van der Waals surface area contributed by atoms with E-state index in [1.54, 1.807) is 0 Å². The molecule has 15 heavy (non-hydrogen) atoms. The third kappa shape index (κ3) is 2.07. The Balaban J connectivity index is 2.11. The van der Waals surface area contributed by atoms with Gasteiger partial charge in [-0.2, -0.15) is 4.39 Å². The molecule has 82 valence electrons. The topological polar surface area (TPSA) is 35.2 Å². The molecule has 0 aromatic heterocycles. The van der Waals surface area contributed by atoms with Crippen molar-refractivity contribution in [2.24, 2.45) is 5.73 Å². The van der Waals surface area contributed by atoms with Gasteiger partial charge >= 0.3 is 0 Å². The molecule has 2 rings (SSSR count). The van der Waals surface area contributed by atoms with Crippen molar-refractivity contribution in [1.29, 1.82) is 0 Å². The molecule has 1 saturated carbocycles. The predicted octanol–water partition coefficient (Wildman–Crippen LogP) is 1.97. The second-order valence-electron chi connectivity index (χ2n) is 3.82. The van der Waals surface area contributed by atoms with Crippen LogP contribution in [0.5, 0.6) is 5.75 Å². The van der Waals surface area contributed by atoms with Crippen LogP contribution in [0.15, 0.2) is 12.1 Å². The van der Waals surface area contributed by atoms with Gasteiger partial charge in [-0.05, 0) is 25.0 Å². The third-order valence-corrected chi connectivity index (χ3v) is 2.41. The summed E-state index contributed by atoms with van der Waals surface area (Å²) < 4.78 is 43.4. The molecule has 0 amide bonds. The van der Waals surface area contributed by atoms with Crippen LogP contribution in [-0.2, 0) is 0 Å². The summed E-state index contributed by atoms with van der Waals surface area (Å²) in [6.45, 7) is 0.120. The molecular formula is C10H10F3NO. The Bertz CT molecular complexity index is 390. The van der Waals surface area contributed by atoms with E-state index in [1.807, 2.05) is 0 Å². The number of rotatable bonds is 3. The molecule has 1 aliphatic carbocycles. The second kappa shape index (κ2) is 3.41. The molecular weight excluding hydrogens is 207 g/mol. The predicted molar refractivity (Wildman–Crippen MR) is 48.0 cm³/mol. The average molecular weight is 217 g/mol. The lowest BCUT2D eigenvalue weighted by Crippen LogP contribution is -2.30. The van der Waals surface area contributed by atoms with Gasteiger partial charge in [0.25, 0.3) is 0 Å². The zero-order valence-electron chi connectivity index (χ0n) is 7.90. The molecule has 1 fully saturated rings. The maximum atomic E-state index is 13.1. The van der Waals surface area contributed by atoms with Crippen molar-refractivity contribution in [2.45, 2.75) is 18.4 Å². The summed E-state index contributed by atoms with van der Waals surface area (Å²) in [4.78, 5) is 0. The minimum Gasteiger partial charge on any atom is -0.488 e. The summed E-state index contributed by atoms with van der Waals surface area (Å²) in [6.07, 6.45) is 1.61. The third-order valence-electron chi connectivity index (χ3n) is 2.41. The molecule has 0 bridgehead atoms. The van der Waals surface area contributed by atoms with Gasteiger partial charge in [-0.15, -0.1) is 0 Å². The SMILES string of the molecule is NC1(COc2ccc(F)c(F)c2F)CC1. The average Bonchev–Trinajstić information content (AvgIpc) is 2.93. The Hall–Kier alpha value is -1.23. The lowest BCUT2D eigenvalue weighted by atomic mass is 10.3. The Labute approximate surface area is 84.8 Å². The number of benzene rings is 1. The van der Waals surface area contributed by atoms with Gasteiger partial charge in [-0.1, -0.05) is 0 Å². The summed E-state index contributed by atoms with van der Waals surface area (Å²) in [5.41, 5.74) is 5.28. The van der Waals surface area contributed by atoms with Crippen molar-refractivity contribution < 1.29 is 17.9 Å². The highest BCUT2D eigenvalue weighted by Gasteiger charge is 2.39. The van der Waals surface area contributed by atoms with Crippen LogP contribution in [0.25, 0.3) is 0 Å². The fourth-order valence-corrected chi connectivity index (χ4v) is 1.15. The number of ether oxygens (including phenoxy) is 1. The van der Waals surface area contributed by atoms with E-state index in [2.05, 4.69) is 0 Å². The Morgan fingerprint density at radius 2 is 1.87 bits per heavy atom. The minimum absolute atomic E-state index is 0.120. The van der Waals surface area contributed by atoms with Crippen LogP contribution in [0.2, 0.25) is 0 Å². The summed E-state index contributed by atoms with van der Waals surface area (Å²) >= 11 is 0. The minimum atomic E-state index is -1.52. The first kappa shape index (κ1) is 10.3. The first-order chi connectivity index (χ1) is 7.02. The van der Waals surface area contributed by atoms with Gasteiger partial charge in [-0.3, -0.25) is 0 Å². The zero-order valence-corrected chi connectivity index (χ0v) is 7.90. The lowest BCUT2D eigenvalue weighted by Gasteiger charge is -2.11. The standard InChI is InChI=1S/C10H10F3NO/c11-6-1-2-7(9(13)8(6)12)15-5-10(14)3-4-10/h1-2H,3-5,14H2. The van der Waals surface area contributed by atoms with E-state index in [0.717, 1.165) is 25.0 Å². The zero-order chi connectivity index (χ0) is 11.1. The fraction of sp³-hybridized carbons (Fsp3) is 0.400. The Morgan fingerprint density at radius 1 is 1.20 bits per heavy atom. The normalized spacial score (nSPS) is 17.6. The van der Waals surface area contributed by atoms with Crippen LogP contribution in [0.3, 0.4) is 0 Å². The molecule has 0 radical (unpaired) electrons. The number of hydrogen-bond acceptors (Lipinski definition) is 2. The quantitative estimate of drug-likeness (QED) is 0.785. The Kier molecular flexibility index (Phi) is 2.34. The molecule has 2 nitrogen and oxygen atoms in total. The van der Waals surface area contributed by atoms with Crippen LogP contribution < -0.4 is 10.5 Å². The van der Waals surface area contributed by atoms with Crippen LogP contribution in [0.1, 0.15) is 12.8 Å². The highest BCUT2D eigenvalue weighted by atomic mass is 19.2. The fourth-order valence-electron chi connectivity index (χ4n) is 1.15. The van der Waals surface area contributed by atoms with Gasteiger partial charge in [0.15, 0.2) is 17.4 Å². The van der Waals surface area contributed by atoms with E-state index in [-0.39, 0.29) is 12.4 Å². The molecule has 0 aliphatic heterocycles. The highest BCUT2D eigenvalue weighted by molar-refractivity contribution is 5.26. The summed E-state index contributed by atoms with van der Waals surface area (Å²) in [5, 5.41) is 0. The van der Waals surface area contributed by atoms with Gasteiger partial charge in [0.2, 0.25) is 5.82 Å². The van der Waals surface area contributed by atoms with Crippen LogP contribution in [-0.4, -0.2) is 12.1 Å². The lowest BCUT2D eigenvalue weighted by molar-refractivity contribution is 0.261. The molecule has 5 heteroatoms. The van der Waals surface area contributed by atoms with E-state index in [4.69, 9.17) is 10.5 Å². The highest BCUT2D eigenvalue weighted by Crippen LogP contribution is 2.33. The monoisotopic (exact) mass is 217 g/mol. The van der Waals surface area contributed by atoms with Crippen LogP contribution in [0, 0.1) is 17.5 Å². The maximum Gasteiger partial charge on any atom is 0.203 e. The summed E-state index contributed by atoms with van der Waals surface area (Å²) in [5.74, 6) is -4.35. The molecule has 0 atom stereocenters. The summed E-state index contributed by atoms with van der Waals surface area (Å²) in [6, 6.07) is 1.88. The molecule has 0 heterocycles.